The number of rotatable bonds is 3. The molecule has 0 radical (unpaired) electrons. The molecule has 0 atom stereocenters. The summed E-state index contributed by atoms with van der Waals surface area (Å²) in [6.07, 6.45) is 0.785. The number of furan rings is 1. The van der Waals surface area contributed by atoms with Gasteiger partial charge in [0.15, 0.2) is 0 Å². The lowest BCUT2D eigenvalue weighted by Crippen LogP contribution is -2.05. The molecule has 2 aromatic heterocycles. The number of hydrogen-bond acceptors (Lipinski definition) is 4. The molecular formula is C11H8F3N3O. The first-order chi connectivity index (χ1) is 8.55. The lowest BCUT2D eigenvalue weighted by Gasteiger charge is -2.06. The van der Waals surface area contributed by atoms with E-state index in [0.29, 0.717) is 0 Å². The van der Waals surface area contributed by atoms with Crippen LogP contribution in [0, 0.1) is 0 Å². The predicted molar refractivity (Wildman–Crippen MR) is 59.2 cm³/mol. The number of nitrogens with one attached hydrogen (secondary N) is 1. The average Bonchev–Trinajstić information content (AvgIpc) is 2.82. The Morgan fingerprint density at radius 3 is 2.67 bits per heavy atom. The normalized spacial score (nSPS) is 11.9. The maximum Gasteiger partial charge on any atom is 0.417 e. The van der Waals surface area contributed by atoms with Crippen LogP contribution in [0.1, 0.15) is 11.1 Å². The summed E-state index contributed by atoms with van der Waals surface area (Å²) in [5, 5.41) is 3.80. The zero-order valence-electron chi connectivity index (χ0n) is 8.98. The van der Waals surface area contributed by atoms with Crippen molar-refractivity contribution in [2.45, 2.75) is 6.18 Å². The molecule has 0 fully saturated rings. The highest BCUT2D eigenvalue weighted by atomic mass is 19.4. The molecule has 0 saturated heterocycles. The van der Waals surface area contributed by atoms with E-state index < -0.39 is 11.7 Å². The van der Waals surface area contributed by atoms with E-state index in [2.05, 4.69) is 15.5 Å². The van der Waals surface area contributed by atoms with Crippen molar-refractivity contribution in [2.75, 3.05) is 5.43 Å². The van der Waals surface area contributed by atoms with Crippen molar-refractivity contribution in [1.82, 2.24) is 4.98 Å². The van der Waals surface area contributed by atoms with E-state index in [1.54, 1.807) is 6.07 Å². The van der Waals surface area contributed by atoms with Crippen molar-refractivity contribution in [1.29, 1.82) is 0 Å². The van der Waals surface area contributed by atoms with Gasteiger partial charge in [0.05, 0.1) is 24.3 Å². The summed E-state index contributed by atoms with van der Waals surface area (Å²) in [5.74, 6) is 0.225. The summed E-state index contributed by atoms with van der Waals surface area (Å²) in [6, 6.07) is 3.82. The van der Waals surface area contributed by atoms with E-state index in [9.17, 15) is 13.2 Å². The van der Waals surface area contributed by atoms with Crippen LogP contribution >= 0.6 is 0 Å². The lowest BCUT2D eigenvalue weighted by molar-refractivity contribution is -0.137. The third kappa shape index (κ3) is 3.09. The summed E-state index contributed by atoms with van der Waals surface area (Å²) in [7, 11) is 0. The Labute approximate surface area is 100 Å². The fourth-order valence-corrected chi connectivity index (χ4v) is 1.15. The molecule has 0 unspecified atom stereocenters. The Balaban J connectivity index is 1.99. The van der Waals surface area contributed by atoms with Gasteiger partial charge in [-0.25, -0.2) is 4.98 Å². The summed E-state index contributed by atoms with van der Waals surface area (Å²) >= 11 is 0. The molecule has 2 heterocycles. The van der Waals surface area contributed by atoms with E-state index >= 15 is 0 Å². The third-order valence-corrected chi connectivity index (χ3v) is 2.03. The molecule has 0 amide bonds. The second-order valence-electron chi connectivity index (χ2n) is 3.36. The van der Waals surface area contributed by atoms with Crippen molar-refractivity contribution >= 4 is 12.0 Å². The van der Waals surface area contributed by atoms with E-state index in [-0.39, 0.29) is 5.82 Å². The van der Waals surface area contributed by atoms with Crippen LogP contribution in [0.4, 0.5) is 19.0 Å². The van der Waals surface area contributed by atoms with E-state index in [0.717, 1.165) is 17.8 Å². The monoisotopic (exact) mass is 255 g/mol. The quantitative estimate of drug-likeness (QED) is 0.677. The van der Waals surface area contributed by atoms with Gasteiger partial charge in [-0.05, 0) is 18.2 Å². The van der Waals surface area contributed by atoms with Gasteiger partial charge in [0, 0.05) is 11.8 Å². The molecule has 0 aliphatic rings. The van der Waals surface area contributed by atoms with Crippen LogP contribution in [-0.2, 0) is 6.18 Å². The van der Waals surface area contributed by atoms with Crippen LogP contribution in [0.25, 0.3) is 0 Å². The van der Waals surface area contributed by atoms with Crippen molar-refractivity contribution < 1.29 is 17.6 Å². The number of halogens is 3. The summed E-state index contributed by atoms with van der Waals surface area (Å²) in [4.78, 5) is 3.60. The molecule has 4 nitrogen and oxygen atoms in total. The minimum Gasteiger partial charge on any atom is -0.472 e. The van der Waals surface area contributed by atoms with Gasteiger partial charge >= 0.3 is 6.18 Å². The van der Waals surface area contributed by atoms with Gasteiger partial charge in [-0.15, -0.1) is 0 Å². The van der Waals surface area contributed by atoms with Crippen molar-refractivity contribution in [2.24, 2.45) is 5.10 Å². The Hall–Kier alpha value is -2.31. The van der Waals surface area contributed by atoms with Gasteiger partial charge in [0.25, 0.3) is 0 Å². The molecule has 7 heteroatoms. The standard InChI is InChI=1S/C11H8F3N3O/c12-11(13,14)9-1-2-10(15-6-9)17-16-5-8-3-4-18-7-8/h1-7H,(H,15,17)/b16-5-. The molecule has 0 aliphatic carbocycles. The highest BCUT2D eigenvalue weighted by molar-refractivity contribution is 5.79. The number of aromatic nitrogens is 1. The molecule has 0 aliphatic heterocycles. The topological polar surface area (TPSA) is 50.4 Å². The molecule has 0 saturated carbocycles. The van der Waals surface area contributed by atoms with Crippen molar-refractivity contribution in [3.05, 3.63) is 48.0 Å². The Morgan fingerprint density at radius 1 is 1.28 bits per heavy atom. The SMILES string of the molecule is FC(F)(F)c1ccc(N/N=C\c2ccoc2)nc1. The zero-order chi connectivity index (χ0) is 13.0. The molecule has 0 bridgehead atoms. The maximum absolute atomic E-state index is 12.3. The van der Waals surface area contributed by atoms with Gasteiger partial charge in [0.2, 0.25) is 0 Å². The molecule has 0 aromatic carbocycles. The number of alkyl halides is 3. The zero-order valence-corrected chi connectivity index (χ0v) is 8.98. The molecule has 0 spiro atoms. The first kappa shape index (κ1) is 12.2. The lowest BCUT2D eigenvalue weighted by atomic mass is 10.3. The minimum atomic E-state index is -4.38. The number of hydrogen-bond donors (Lipinski definition) is 1. The summed E-state index contributed by atoms with van der Waals surface area (Å²) < 4.78 is 41.6. The first-order valence-corrected chi connectivity index (χ1v) is 4.90. The second kappa shape index (κ2) is 4.91. The van der Waals surface area contributed by atoms with Crippen molar-refractivity contribution in [3.63, 3.8) is 0 Å². The molecule has 1 N–H and O–H groups in total. The Bertz CT molecular complexity index is 517. The van der Waals surface area contributed by atoms with Crippen LogP contribution in [0.5, 0.6) is 0 Å². The van der Waals surface area contributed by atoms with Crippen LogP contribution in [-0.4, -0.2) is 11.2 Å². The minimum absolute atomic E-state index is 0.225. The third-order valence-electron chi connectivity index (χ3n) is 2.03. The second-order valence-corrected chi connectivity index (χ2v) is 3.36. The van der Waals surface area contributed by atoms with Crippen LogP contribution in [0.15, 0.2) is 46.4 Å². The van der Waals surface area contributed by atoms with Gasteiger partial charge < -0.3 is 4.42 Å². The van der Waals surface area contributed by atoms with Crippen molar-refractivity contribution in [3.8, 4) is 0 Å². The highest BCUT2D eigenvalue weighted by Crippen LogP contribution is 2.28. The maximum atomic E-state index is 12.3. The number of hydrazone groups is 1. The number of anilines is 1. The van der Waals surface area contributed by atoms with Crippen LogP contribution in [0.2, 0.25) is 0 Å². The predicted octanol–water partition coefficient (Wildman–Crippen LogP) is 3.14. The number of nitrogens with zero attached hydrogens (tertiary/aromatic N) is 2. The van der Waals surface area contributed by atoms with E-state index in [4.69, 9.17) is 4.42 Å². The first-order valence-electron chi connectivity index (χ1n) is 4.90. The van der Waals surface area contributed by atoms with Crippen LogP contribution in [0.3, 0.4) is 0 Å². The largest absolute Gasteiger partial charge is 0.472 e. The van der Waals surface area contributed by atoms with E-state index in [1.165, 1.54) is 24.8 Å². The van der Waals surface area contributed by atoms with Gasteiger partial charge in [-0.1, -0.05) is 0 Å². The van der Waals surface area contributed by atoms with E-state index in [1.807, 2.05) is 0 Å². The molecule has 2 rings (SSSR count). The molecule has 18 heavy (non-hydrogen) atoms. The molecule has 2 aromatic rings. The highest BCUT2D eigenvalue weighted by Gasteiger charge is 2.30. The number of pyridine rings is 1. The summed E-state index contributed by atoms with van der Waals surface area (Å²) in [5.41, 5.74) is 2.44. The smallest absolute Gasteiger partial charge is 0.417 e. The fraction of sp³-hybridized carbons (Fsp3) is 0.0909. The van der Waals surface area contributed by atoms with Gasteiger partial charge in [-0.2, -0.15) is 18.3 Å². The average molecular weight is 255 g/mol. The molecule has 94 valence electrons. The Morgan fingerprint density at radius 2 is 2.11 bits per heavy atom. The summed E-state index contributed by atoms with van der Waals surface area (Å²) in [6.45, 7) is 0. The fourth-order valence-electron chi connectivity index (χ4n) is 1.15. The van der Waals surface area contributed by atoms with Crippen LogP contribution < -0.4 is 5.43 Å². The Kier molecular flexibility index (Phi) is 3.31. The van der Waals surface area contributed by atoms with Gasteiger partial charge in [-0.3, -0.25) is 5.43 Å². The molecular weight excluding hydrogens is 247 g/mol. The van der Waals surface area contributed by atoms with Gasteiger partial charge in [0.1, 0.15) is 5.82 Å².